The summed E-state index contributed by atoms with van der Waals surface area (Å²) in [6.45, 7) is 8.66. The first-order valence-corrected chi connectivity index (χ1v) is 11.0. The molecule has 0 aliphatic carbocycles. The molecule has 1 amide bonds. The van der Waals surface area contributed by atoms with Crippen LogP contribution < -0.4 is 10.1 Å². The first-order chi connectivity index (χ1) is 14.5. The zero-order valence-electron chi connectivity index (χ0n) is 16.8. The Morgan fingerprint density at radius 2 is 2.13 bits per heavy atom. The third-order valence-corrected chi connectivity index (χ3v) is 5.56. The van der Waals surface area contributed by atoms with Gasteiger partial charge in [0.15, 0.2) is 11.0 Å². The van der Waals surface area contributed by atoms with Gasteiger partial charge in [-0.25, -0.2) is 4.98 Å². The molecule has 0 bridgehead atoms. The molecule has 7 nitrogen and oxygen atoms in total. The van der Waals surface area contributed by atoms with Crippen LogP contribution in [0.3, 0.4) is 0 Å². The van der Waals surface area contributed by atoms with Crippen LogP contribution in [0.4, 0.5) is 5.82 Å². The second kappa shape index (κ2) is 10.4. The Morgan fingerprint density at radius 3 is 2.83 bits per heavy atom. The van der Waals surface area contributed by atoms with Crippen molar-refractivity contribution >= 4 is 39.4 Å². The van der Waals surface area contributed by atoms with Crippen molar-refractivity contribution in [1.82, 2.24) is 19.7 Å². The van der Waals surface area contributed by atoms with Crippen LogP contribution in [-0.4, -0.2) is 31.4 Å². The zero-order chi connectivity index (χ0) is 21.5. The van der Waals surface area contributed by atoms with Gasteiger partial charge in [-0.1, -0.05) is 35.5 Å². The number of ether oxygens (including phenoxy) is 1. The Balaban J connectivity index is 1.62. The Hall–Kier alpha value is -2.65. The predicted octanol–water partition coefficient (Wildman–Crippen LogP) is 4.55. The molecule has 1 N–H and O–H groups in total. The molecule has 0 aliphatic rings. The number of halogens is 1. The Morgan fingerprint density at radius 1 is 1.30 bits per heavy atom. The molecule has 0 spiro atoms. The minimum Gasteiger partial charge on any atom is -0.485 e. The van der Waals surface area contributed by atoms with E-state index in [1.54, 1.807) is 18.3 Å². The minimum atomic E-state index is -0.170. The summed E-state index contributed by atoms with van der Waals surface area (Å²) in [5, 5.41) is 11.9. The number of nitrogens with one attached hydrogen (secondary N) is 1. The lowest BCUT2D eigenvalue weighted by Crippen LogP contribution is -2.15. The second-order valence-corrected chi connectivity index (χ2v) is 8.41. The highest BCUT2D eigenvalue weighted by Gasteiger charge is 2.15. The summed E-state index contributed by atoms with van der Waals surface area (Å²) >= 11 is 4.62. The standard InChI is InChI=1S/C21H22BrN5O2S/c1-4-9-27-19(12-29-17-7-5-14(2)10-15(17)3)25-26-21(27)30-13-20(28)24-18-8-6-16(22)11-23-18/h4-8,10-11H,1,9,12-13H2,2-3H3,(H,23,24,28). The number of thioether (sulfide) groups is 1. The highest BCUT2D eigenvalue weighted by atomic mass is 79.9. The van der Waals surface area contributed by atoms with Gasteiger partial charge in [0.25, 0.3) is 0 Å². The van der Waals surface area contributed by atoms with Gasteiger partial charge in [-0.15, -0.1) is 16.8 Å². The van der Waals surface area contributed by atoms with E-state index in [1.807, 2.05) is 36.6 Å². The number of rotatable bonds is 9. The summed E-state index contributed by atoms with van der Waals surface area (Å²) in [5.74, 6) is 2.00. The number of hydrogen-bond acceptors (Lipinski definition) is 6. The van der Waals surface area contributed by atoms with Gasteiger partial charge in [-0.2, -0.15) is 0 Å². The number of aromatic nitrogens is 4. The molecule has 3 aromatic rings. The van der Waals surface area contributed by atoms with E-state index >= 15 is 0 Å². The van der Waals surface area contributed by atoms with Crippen molar-refractivity contribution in [1.29, 1.82) is 0 Å². The molecule has 156 valence electrons. The molecule has 0 saturated carbocycles. The molecule has 3 rings (SSSR count). The number of anilines is 1. The van der Waals surface area contributed by atoms with E-state index < -0.39 is 0 Å². The molecule has 9 heteroatoms. The Labute approximate surface area is 188 Å². The molecule has 1 aromatic carbocycles. The van der Waals surface area contributed by atoms with E-state index in [-0.39, 0.29) is 18.3 Å². The molecule has 0 radical (unpaired) electrons. The lowest BCUT2D eigenvalue weighted by Gasteiger charge is -2.11. The number of nitrogens with zero attached hydrogens (tertiary/aromatic N) is 4. The maximum atomic E-state index is 12.2. The maximum Gasteiger partial charge on any atom is 0.236 e. The fraction of sp³-hybridized carbons (Fsp3) is 0.238. The molecule has 30 heavy (non-hydrogen) atoms. The monoisotopic (exact) mass is 487 g/mol. The van der Waals surface area contributed by atoms with E-state index in [1.165, 1.54) is 17.3 Å². The van der Waals surface area contributed by atoms with Gasteiger partial charge in [0.2, 0.25) is 5.91 Å². The van der Waals surface area contributed by atoms with Gasteiger partial charge >= 0.3 is 0 Å². The fourth-order valence-corrected chi connectivity index (χ4v) is 3.71. The molecule has 0 saturated heterocycles. The van der Waals surface area contributed by atoms with Crippen molar-refractivity contribution in [3.05, 3.63) is 70.6 Å². The highest BCUT2D eigenvalue weighted by molar-refractivity contribution is 9.10. The number of carbonyl (C=O) groups is 1. The number of carbonyl (C=O) groups excluding carboxylic acids is 1. The molecule has 2 heterocycles. The third kappa shape index (κ3) is 5.93. The first kappa shape index (κ1) is 22.0. The topological polar surface area (TPSA) is 81.9 Å². The number of allylic oxidation sites excluding steroid dienone is 1. The van der Waals surface area contributed by atoms with Crippen LogP contribution in [0, 0.1) is 13.8 Å². The van der Waals surface area contributed by atoms with Crippen molar-refractivity contribution < 1.29 is 9.53 Å². The molecule has 0 atom stereocenters. The third-order valence-electron chi connectivity index (χ3n) is 4.12. The largest absolute Gasteiger partial charge is 0.485 e. The first-order valence-electron chi connectivity index (χ1n) is 9.23. The van der Waals surface area contributed by atoms with Crippen molar-refractivity contribution in [3.8, 4) is 5.75 Å². The fourth-order valence-electron chi connectivity index (χ4n) is 2.71. The summed E-state index contributed by atoms with van der Waals surface area (Å²) in [7, 11) is 0. The van der Waals surface area contributed by atoms with E-state index in [0.717, 1.165) is 15.8 Å². The normalized spacial score (nSPS) is 10.6. The molecule has 2 aromatic heterocycles. The van der Waals surface area contributed by atoms with Gasteiger partial charge in [0.1, 0.15) is 18.2 Å². The average Bonchev–Trinajstić information content (AvgIpc) is 3.09. The van der Waals surface area contributed by atoms with Crippen molar-refractivity contribution in [2.45, 2.75) is 32.2 Å². The Kier molecular flexibility index (Phi) is 7.64. The van der Waals surface area contributed by atoms with Crippen LogP contribution >= 0.6 is 27.7 Å². The van der Waals surface area contributed by atoms with Gasteiger partial charge in [0, 0.05) is 17.2 Å². The summed E-state index contributed by atoms with van der Waals surface area (Å²) in [4.78, 5) is 16.4. The van der Waals surface area contributed by atoms with Crippen LogP contribution in [0.1, 0.15) is 17.0 Å². The lowest BCUT2D eigenvalue weighted by molar-refractivity contribution is -0.113. The average molecular weight is 488 g/mol. The molecule has 0 fully saturated rings. The summed E-state index contributed by atoms with van der Waals surface area (Å²) in [5.41, 5.74) is 2.25. The summed E-state index contributed by atoms with van der Waals surface area (Å²) in [6, 6.07) is 9.59. The number of hydrogen-bond donors (Lipinski definition) is 1. The van der Waals surface area contributed by atoms with Crippen molar-refractivity contribution in [3.63, 3.8) is 0 Å². The number of aryl methyl sites for hydroxylation is 2. The highest BCUT2D eigenvalue weighted by Crippen LogP contribution is 2.22. The maximum absolute atomic E-state index is 12.2. The van der Waals surface area contributed by atoms with E-state index in [2.05, 4.69) is 49.1 Å². The number of pyridine rings is 1. The smallest absolute Gasteiger partial charge is 0.236 e. The van der Waals surface area contributed by atoms with Crippen LogP contribution in [0.15, 0.2) is 58.8 Å². The minimum absolute atomic E-state index is 0.170. The van der Waals surface area contributed by atoms with Gasteiger partial charge in [-0.3, -0.25) is 9.36 Å². The van der Waals surface area contributed by atoms with E-state index in [4.69, 9.17) is 4.74 Å². The van der Waals surface area contributed by atoms with Crippen molar-refractivity contribution in [2.24, 2.45) is 0 Å². The van der Waals surface area contributed by atoms with Gasteiger partial charge in [0.05, 0.1) is 5.75 Å². The van der Waals surface area contributed by atoms with Gasteiger partial charge in [-0.05, 0) is 53.5 Å². The molecule has 0 unspecified atom stereocenters. The van der Waals surface area contributed by atoms with Crippen LogP contribution in [0.5, 0.6) is 5.75 Å². The van der Waals surface area contributed by atoms with Crippen LogP contribution in [-0.2, 0) is 17.9 Å². The SMILES string of the molecule is C=CCn1c(COc2ccc(C)cc2C)nnc1SCC(=O)Nc1ccc(Br)cn1. The van der Waals surface area contributed by atoms with Crippen molar-refractivity contribution in [2.75, 3.05) is 11.1 Å². The van der Waals surface area contributed by atoms with Crippen LogP contribution in [0.2, 0.25) is 0 Å². The quantitative estimate of drug-likeness (QED) is 0.352. The predicted molar refractivity (Wildman–Crippen MR) is 122 cm³/mol. The van der Waals surface area contributed by atoms with Crippen LogP contribution in [0.25, 0.3) is 0 Å². The summed E-state index contributed by atoms with van der Waals surface area (Å²) in [6.07, 6.45) is 3.39. The number of benzene rings is 1. The summed E-state index contributed by atoms with van der Waals surface area (Å²) < 4.78 is 8.68. The second-order valence-electron chi connectivity index (χ2n) is 6.55. The van der Waals surface area contributed by atoms with Gasteiger partial charge < -0.3 is 10.1 Å². The molecule has 0 aliphatic heterocycles. The van der Waals surface area contributed by atoms with E-state index in [0.29, 0.717) is 23.3 Å². The number of amides is 1. The molecular weight excluding hydrogens is 466 g/mol. The van der Waals surface area contributed by atoms with E-state index in [9.17, 15) is 4.79 Å². The Bertz CT molecular complexity index is 1040. The lowest BCUT2D eigenvalue weighted by atomic mass is 10.1. The zero-order valence-corrected chi connectivity index (χ0v) is 19.2. The molecular formula is C21H22BrN5O2S.